The monoisotopic (exact) mass is 353 g/mol. The van der Waals surface area contributed by atoms with Crippen molar-refractivity contribution in [3.05, 3.63) is 38.9 Å². The van der Waals surface area contributed by atoms with Crippen molar-refractivity contribution >= 4 is 45.3 Å². The molecule has 0 aliphatic carbocycles. The van der Waals surface area contributed by atoms with Gasteiger partial charge in [0.15, 0.2) is 5.13 Å². The third-order valence-corrected chi connectivity index (χ3v) is 5.11. The lowest BCUT2D eigenvalue weighted by atomic mass is 10.1. The van der Waals surface area contributed by atoms with Crippen molar-refractivity contribution < 1.29 is 9.32 Å². The molecule has 1 amide bonds. The summed E-state index contributed by atoms with van der Waals surface area (Å²) in [6, 6.07) is 3.74. The molecule has 0 bridgehead atoms. The Labute approximate surface area is 139 Å². The first-order chi connectivity index (χ1) is 10.5. The van der Waals surface area contributed by atoms with Crippen LogP contribution in [0, 0.1) is 13.8 Å². The highest BCUT2D eigenvalue weighted by Crippen LogP contribution is 2.32. The highest BCUT2D eigenvalue weighted by atomic mass is 35.5. The summed E-state index contributed by atoms with van der Waals surface area (Å²) in [5, 5.41) is 9.11. The Balaban J connectivity index is 1.69. The summed E-state index contributed by atoms with van der Waals surface area (Å²) in [5.41, 5.74) is 2.37. The zero-order chi connectivity index (χ0) is 15.7. The maximum atomic E-state index is 12.1. The number of rotatable bonds is 4. The fraction of sp³-hybridized carbons (Fsp3) is 0.214. The number of amides is 1. The van der Waals surface area contributed by atoms with Crippen molar-refractivity contribution in [3.63, 3.8) is 0 Å². The molecule has 0 unspecified atom stereocenters. The van der Waals surface area contributed by atoms with Crippen LogP contribution in [0.5, 0.6) is 0 Å². The van der Waals surface area contributed by atoms with Gasteiger partial charge in [0.25, 0.3) is 0 Å². The van der Waals surface area contributed by atoms with Gasteiger partial charge in [-0.05, 0) is 26.0 Å². The van der Waals surface area contributed by atoms with E-state index in [4.69, 9.17) is 16.1 Å². The Morgan fingerprint density at radius 1 is 1.41 bits per heavy atom. The van der Waals surface area contributed by atoms with Gasteiger partial charge in [-0.2, -0.15) is 0 Å². The van der Waals surface area contributed by atoms with Crippen LogP contribution in [0.4, 0.5) is 5.13 Å². The lowest BCUT2D eigenvalue weighted by Crippen LogP contribution is -2.15. The number of carbonyl (C=O) groups is 1. The maximum Gasteiger partial charge on any atom is 0.230 e. The molecule has 0 saturated heterocycles. The lowest BCUT2D eigenvalue weighted by Gasteiger charge is -2.01. The van der Waals surface area contributed by atoms with Gasteiger partial charge in [-0.1, -0.05) is 16.8 Å². The Kier molecular flexibility index (Phi) is 4.28. The number of aryl methyl sites for hydroxylation is 2. The summed E-state index contributed by atoms with van der Waals surface area (Å²) in [5.74, 6) is 0.528. The first-order valence-electron chi connectivity index (χ1n) is 6.46. The highest BCUT2D eigenvalue weighted by Gasteiger charge is 2.15. The average Bonchev–Trinajstić information content (AvgIpc) is 3.16. The molecule has 3 aromatic rings. The van der Waals surface area contributed by atoms with Crippen molar-refractivity contribution in [3.8, 4) is 10.6 Å². The summed E-state index contributed by atoms with van der Waals surface area (Å²) in [7, 11) is 0. The number of aromatic nitrogens is 2. The van der Waals surface area contributed by atoms with E-state index in [0.29, 0.717) is 15.2 Å². The molecule has 8 heteroatoms. The predicted octanol–water partition coefficient (Wildman–Crippen LogP) is 4.31. The van der Waals surface area contributed by atoms with Crippen LogP contribution in [0.15, 0.2) is 22.0 Å². The fourth-order valence-corrected chi connectivity index (χ4v) is 3.78. The van der Waals surface area contributed by atoms with E-state index >= 15 is 0 Å². The Hall–Kier alpha value is -1.70. The summed E-state index contributed by atoms with van der Waals surface area (Å²) in [6.45, 7) is 3.62. The Bertz CT molecular complexity index is 802. The second kappa shape index (κ2) is 6.20. The smallest absolute Gasteiger partial charge is 0.230 e. The molecule has 0 fully saturated rings. The molecule has 0 aromatic carbocycles. The zero-order valence-corrected chi connectivity index (χ0v) is 14.2. The third kappa shape index (κ3) is 3.21. The van der Waals surface area contributed by atoms with Crippen molar-refractivity contribution in [1.29, 1.82) is 0 Å². The van der Waals surface area contributed by atoms with Crippen molar-refractivity contribution in [2.75, 3.05) is 5.32 Å². The van der Waals surface area contributed by atoms with E-state index in [9.17, 15) is 4.79 Å². The molecular weight excluding hydrogens is 342 g/mol. The summed E-state index contributed by atoms with van der Waals surface area (Å²) in [6.07, 6.45) is 0.223. The van der Waals surface area contributed by atoms with Gasteiger partial charge in [-0.15, -0.1) is 22.7 Å². The van der Waals surface area contributed by atoms with E-state index in [0.717, 1.165) is 21.8 Å². The van der Waals surface area contributed by atoms with E-state index in [1.807, 2.05) is 24.4 Å². The van der Waals surface area contributed by atoms with Gasteiger partial charge in [-0.3, -0.25) is 4.79 Å². The van der Waals surface area contributed by atoms with Crippen molar-refractivity contribution in [2.45, 2.75) is 20.3 Å². The van der Waals surface area contributed by atoms with Crippen molar-refractivity contribution in [2.24, 2.45) is 0 Å². The quantitative estimate of drug-likeness (QED) is 0.758. The van der Waals surface area contributed by atoms with E-state index in [2.05, 4.69) is 15.5 Å². The SMILES string of the molecule is Cc1noc(C)c1CC(=O)Nc1nc(-c2ccc(Cl)s2)cs1. The highest BCUT2D eigenvalue weighted by molar-refractivity contribution is 7.20. The minimum atomic E-state index is -0.139. The van der Waals surface area contributed by atoms with Gasteiger partial charge in [0.1, 0.15) is 5.76 Å². The molecular formula is C14H12ClN3O2S2. The molecule has 1 N–H and O–H groups in total. The number of carbonyl (C=O) groups excluding carboxylic acids is 1. The fourth-order valence-electron chi connectivity index (χ4n) is 1.97. The molecule has 0 saturated carbocycles. The van der Waals surface area contributed by atoms with Gasteiger partial charge in [0.05, 0.1) is 27.0 Å². The first kappa shape index (κ1) is 15.2. The molecule has 114 valence electrons. The number of anilines is 1. The van der Waals surface area contributed by atoms with E-state index in [1.165, 1.54) is 22.7 Å². The van der Waals surface area contributed by atoms with Crippen LogP contribution in [0.25, 0.3) is 10.6 Å². The van der Waals surface area contributed by atoms with Gasteiger partial charge >= 0.3 is 0 Å². The van der Waals surface area contributed by atoms with Gasteiger partial charge < -0.3 is 9.84 Å². The Morgan fingerprint density at radius 2 is 2.23 bits per heavy atom. The molecule has 3 aromatic heterocycles. The van der Waals surface area contributed by atoms with E-state index in [-0.39, 0.29) is 12.3 Å². The second-order valence-corrected chi connectivity index (χ2v) is 7.24. The number of hydrogen-bond donors (Lipinski definition) is 1. The molecule has 0 atom stereocenters. The molecule has 3 heterocycles. The molecule has 0 aliphatic heterocycles. The van der Waals surface area contributed by atoms with Gasteiger partial charge in [0.2, 0.25) is 5.91 Å². The molecule has 0 aliphatic rings. The van der Waals surface area contributed by atoms with Crippen LogP contribution >= 0.6 is 34.3 Å². The zero-order valence-electron chi connectivity index (χ0n) is 11.8. The summed E-state index contributed by atoms with van der Waals surface area (Å²) < 4.78 is 5.77. The van der Waals surface area contributed by atoms with Crippen LogP contribution < -0.4 is 5.32 Å². The maximum absolute atomic E-state index is 12.1. The van der Waals surface area contributed by atoms with Crippen LogP contribution in [0.3, 0.4) is 0 Å². The number of thiazole rings is 1. The number of nitrogens with one attached hydrogen (secondary N) is 1. The molecule has 0 spiro atoms. The minimum absolute atomic E-state index is 0.139. The molecule has 0 radical (unpaired) electrons. The lowest BCUT2D eigenvalue weighted by molar-refractivity contribution is -0.115. The van der Waals surface area contributed by atoms with Crippen LogP contribution in [0.1, 0.15) is 17.0 Å². The molecule has 3 rings (SSSR count). The summed E-state index contributed by atoms with van der Waals surface area (Å²) in [4.78, 5) is 17.5. The van der Waals surface area contributed by atoms with Gasteiger partial charge in [-0.25, -0.2) is 4.98 Å². The predicted molar refractivity (Wildman–Crippen MR) is 88.7 cm³/mol. The Morgan fingerprint density at radius 3 is 2.86 bits per heavy atom. The number of hydrogen-bond acceptors (Lipinski definition) is 6. The average molecular weight is 354 g/mol. The topological polar surface area (TPSA) is 68.0 Å². The van der Waals surface area contributed by atoms with Gasteiger partial charge in [0, 0.05) is 10.9 Å². The standard InChI is InChI=1S/C14H12ClN3O2S2/c1-7-9(8(2)20-18-7)5-13(19)17-14-16-10(6-21-14)11-3-4-12(15)22-11/h3-4,6H,5H2,1-2H3,(H,16,17,19). The van der Waals surface area contributed by atoms with Crippen LogP contribution in [-0.2, 0) is 11.2 Å². The molecule has 5 nitrogen and oxygen atoms in total. The van der Waals surface area contributed by atoms with E-state index in [1.54, 1.807) is 6.92 Å². The minimum Gasteiger partial charge on any atom is -0.361 e. The first-order valence-corrected chi connectivity index (χ1v) is 8.53. The second-order valence-electron chi connectivity index (χ2n) is 4.67. The number of halogens is 1. The number of thiophene rings is 1. The summed E-state index contributed by atoms with van der Waals surface area (Å²) >= 11 is 8.76. The molecule has 22 heavy (non-hydrogen) atoms. The van der Waals surface area contributed by atoms with Crippen LogP contribution in [-0.4, -0.2) is 16.0 Å². The van der Waals surface area contributed by atoms with Crippen molar-refractivity contribution in [1.82, 2.24) is 10.1 Å². The largest absolute Gasteiger partial charge is 0.361 e. The number of nitrogens with zero attached hydrogens (tertiary/aromatic N) is 2. The van der Waals surface area contributed by atoms with E-state index < -0.39 is 0 Å². The normalized spacial score (nSPS) is 10.9. The third-order valence-electron chi connectivity index (χ3n) is 3.09. The van der Waals surface area contributed by atoms with Crippen LogP contribution in [0.2, 0.25) is 4.34 Å².